The van der Waals surface area contributed by atoms with Gasteiger partial charge in [0.25, 0.3) is 0 Å². The van der Waals surface area contributed by atoms with Crippen molar-refractivity contribution in [3.63, 3.8) is 0 Å². The summed E-state index contributed by atoms with van der Waals surface area (Å²) in [6.45, 7) is 19.2. The summed E-state index contributed by atoms with van der Waals surface area (Å²) >= 11 is 0. The molecular formula is C22H41N3O2Si2. The molecule has 0 unspecified atom stereocenters. The van der Waals surface area contributed by atoms with Crippen LogP contribution in [0.2, 0.25) is 36.3 Å². The van der Waals surface area contributed by atoms with Gasteiger partial charge in [-0.3, -0.25) is 0 Å². The molecule has 2 aromatic heterocycles. The summed E-state index contributed by atoms with van der Waals surface area (Å²) in [7, 11) is -4.56. The number of hydrogen-bond donors (Lipinski definition) is 2. The molecule has 5 nitrogen and oxygen atoms in total. The molecule has 164 valence electrons. The van der Waals surface area contributed by atoms with Gasteiger partial charge in [0.05, 0.1) is 0 Å². The minimum atomic E-state index is -2.28. The first-order chi connectivity index (χ1) is 13.0. The third-order valence-corrected chi connectivity index (χ3v) is 14.9. The summed E-state index contributed by atoms with van der Waals surface area (Å²) in [6.07, 6.45) is 9.40. The van der Waals surface area contributed by atoms with Gasteiger partial charge >= 0.3 is 0 Å². The largest absolute Gasteiger partial charge is 0.432 e. The van der Waals surface area contributed by atoms with Gasteiger partial charge in [-0.1, -0.05) is 27.7 Å². The lowest BCUT2D eigenvalue weighted by Gasteiger charge is -2.42. The van der Waals surface area contributed by atoms with Crippen molar-refractivity contribution < 1.29 is 9.59 Å². The monoisotopic (exact) mass is 435 g/mol. The van der Waals surface area contributed by atoms with Crippen LogP contribution >= 0.6 is 0 Å². The first-order valence-electron chi connectivity index (χ1n) is 10.7. The molecule has 0 radical (unpaired) electrons. The Bertz CT molecular complexity index is 802. The highest BCUT2D eigenvalue weighted by Crippen LogP contribution is 2.47. The Labute approximate surface area is 178 Å². The molecule has 2 aromatic rings. The summed E-state index contributed by atoms with van der Waals surface area (Å²) in [5, 5.41) is 0.894. The van der Waals surface area contributed by atoms with Gasteiger partial charge in [-0.05, 0) is 74.9 Å². The quantitative estimate of drug-likeness (QED) is 0.498. The van der Waals surface area contributed by atoms with Gasteiger partial charge in [0.1, 0.15) is 12.0 Å². The summed E-state index contributed by atoms with van der Waals surface area (Å²) in [4.78, 5) is 30.3. The van der Waals surface area contributed by atoms with Gasteiger partial charge in [-0.15, -0.1) is 0 Å². The van der Waals surface area contributed by atoms with E-state index in [1.54, 1.807) is 6.33 Å². The van der Waals surface area contributed by atoms with Crippen molar-refractivity contribution in [1.82, 2.24) is 14.5 Å². The molecule has 2 rings (SSSR count). The SMILES string of the molecule is CC(CCC(C)(C)[Si](C)(C)O)(CCC(C)(C)[Si](C)(C)O)n1ccc2cncnc21. The van der Waals surface area contributed by atoms with E-state index in [0.717, 1.165) is 36.7 Å². The number of aromatic nitrogens is 3. The van der Waals surface area contributed by atoms with E-state index in [4.69, 9.17) is 0 Å². The normalized spacial score (nSPS) is 14.6. The van der Waals surface area contributed by atoms with Gasteiger partial charge < -0.3 is 14.2 Å². The molecule has 7 heteroatoms. The second-order valence-electron chi connectivity index (χ2n) is 11.4. The molecule has 0 saturated heterocycles. The zero-order valence-electron chi connectivity index (χ0n) is 19.9. The Hall–Kier alpha value is -1.03. The van der Waals surface area contributed by atoms with E-state index < -0.39 is 16.6 Å². The van der Waals surface area contributed by atoms with Gasteiger partial charge in [-0.2, -0.15) is 0 Å². The van der Waals surface area contributed by atoms with Crippen molar-refractivity contribution in [2.45, 2.75) is 102 Å². The maximum atomic E-state index is 10.8. The number of fused-ring (bicyclic) bond motifs is 1. The molecule has 0 aliphatic rings. The van der Waals surface area contributed by atoms with Crippen molar-refractivity contribution in [3.8, 4) is 0 Å². The van der Waals surface area contributed by atoms with E-state index >= 15 is 0 Å². The predicted molar refractivity (Wildman–Crippen MR) is 127 cm³/mol. The second-order valence-corrected chi connectivity index (χ2v) is 20.3. The van der Waals surface area contributed by atoms with Crippen LogP contribution in [-0.2, 0) is 5.54 Å². The molecule has 0 aromatic carbocycles. The van der Waals surface area contributed by atoms with Crippen LogP contribution in [0, 0.1) is 0 Å². The van der Waals surface area contributed by atoms with E-state index in [1.165, 1.54) is 0 Å². The van der Waals surface area contributed by atoms with Crippen LogP contribution in [0.4, 0.5) is 0 Å². The van der Waals surface area contributed by atoms with Crippen LogP contribution in [0.1, 0.15) is 60.3 Å². The van der Waals surface area contributed by atoms with Gasteiger partial charge in [-0.25, -0.2) is 9.97 Å². The first-order valence-corrected chi connectivity index (χ1v) is 16.6. The van der Waals surface area contributed by atoms with Gasteiger partial charge in [0.2, 0.25) is 0 Å². The molecule has 0 bridgehead atoms. The third kappa shape index (κ3) is 5.18. The van der Waals surface area contributed by atoms with Crippen LogP contribution in [-0.4, -0.2) is 40.8 Å². The van der Waals surface area contributed by atoms with E-state index in [-0.39, 0.29) is 15.6 Å². The van der Waals surface area contributed by atoms with E-state index in [2.05, 4.69) is 61.4 Å². The third-order valence-electron chi connectivity index (χ3n) is 7.82. The number of nitrogens with zero attached hydrogens (tertiary/aromatic N) is 3. The molecule has 0 aliphatic carbocycles. The zero-order valence-corrected chi connectivity index (χ0v) is 21.9. The summed E-state index contributed by atoms with van der Waals surface area (Å²) in [6, 6.07) is 2.08. The summed E-state index contributed by atoms with van der Waals surface area (Å²) in [5.41, 5.74) is 0.809. The highest BCUT2D eigenvalue weighted by Gasteiger charge is 2.43. The molecule has 0 saturated carbocycles. The summed E-state index contributed by atoms with van der Waals surface area (Å²) in [5.74, 6) is 0. The average molecular weight is 436 g/mol. The van der Waals surface area contributed by atoms with E-state index in [0.29, 0.717) is 0 Å². The number of hydrogen-bond acceptors (Lipinski definition) is 4. The van der Waals surface area contributed by atoms with Gasteiger partial charge in [0, 0.05) is 23.3 Å². The van der Waals surface area contributed by atoms with Crippen LogP contribution in [0.3, 0.4) is 0 Å². The van der Waals surface area contributed by atoms with Gasteiger partial charge in [0.15, 0.2) is 16.6 Å². The van der Waals surface area contributed by atoms with Crippen LogP contribution in [0.25, 0.3) is 11.0 Å². The standard InChI is InChI=1S/C22H41N3O2Si2/c1-20(2,28(6,7)26)11-13-22(5,14-12-21(3,4)29(8,9)27)25-15-10-18-16-23-17-24-19(18)25/h10,15-17,26-27H,11-14H2,1-9H3. The fourth-order valence-electron chi connectivity index (χ4n) is 3.46. The van der Waals surface area contributed by atoms with Crippen LogP contribution in [0.15, 0.2) is 24.8 Å². The van der Waals surface area contributed by atoms with Crippen LogP contribution in [0.5, 0.6) is 0 Å². The Morgan fingerprint density at radius 2 is 1.34 bits per heavy atom. The Morgan fingerprint density at radius 3 is 1.79 bits per heavy atom. The van der Waals surface area contributed by atoms with E-state index in [1.807, 2.05) is 32.4 Å². The average Bonchev–Trinajstić information content (AvgIpc) is 3.01. The minimum Gasteiger partial charge on any atom is -0.432 e. The molecule has 0 fully saturated rings. The van der Waals surface area contributed by atoms with Crippen molar-refractivity contribution in [2.24, 2.45) is 0 Å². The molecule has 0 amide bonds. The predicted octanol–water partition coefficient (Wildman–Crippen LogP) is 5.66. The molecule has 2 heterocycles. The lowest BCUT2D eigenvalue weighted by Crippen LogP contribution is -2.42. The first kappa shape index (κ1) is 24.2. The number of rotatable bonds is 9. The second kappa shape index (κ2) is 7.91. The lowest BCUT2D eigenvalue weighted by atomic mass is 9.84. The molecular weight excluding hydrogens is 394 g/mol. The molecule has 0 spiro atoms. The maximum Gasteiger partial charge on any atom is 0.188 e. The smallest absolute Gasteiger partial charge is 0.188 e. The summed E-state index contributed by atoms with van der Waals surface area (Å²) < 4.78 is 2.30. The Balaban J connectivity index is 2.40. The highest BCUT2D eigenvalue weighted by atomic mass is 28.4. The van der Waals surface area contributed by atoms with Crippen molar-refractivity contribution >= 4 is 27.7 Å². The fraction of sp³-hybridized carbons (Fsp3) is 0.727. The van der Waals surface area contributed by atoms with Crippen molar-refractivity contribution in [2.75, 3.05) is 0 Å². The molecule has 29 heavy (non-hydrogen) atoms. The highest BCUT2D eigenvalue weighted by molar-refractivity contribution is 6.73. The topological polar surface area (TPSA) is 71.2 Å². The van der Waals surface area contributed by atoms with Crippen molar-refractivity contribution in [1.29, 1.82) is 0 Å². The molecule has 2 N–H and O–H groups in total. The van der Waals surface area contributed by atoms with Crippen LogP contribution < -0.4 is 0 Å². The molecule has 0 aliphatic heterocycles. The minimum absolute atomic E-state index is 0.0767. The Morgan fingerprint density at radius 1 is 0.862 bits per heavy atom. The Kier molecular flexibility index (Phi) is 6.61. The van der Waals surface area contributed by atoms with Crippen molar-refractivity contribution in [3.05, 3.63) is 24.8 Å². The molecule has 0 atom stereocenters. The zero-order chi connectivity index (χ0) is 22.3. The lowest BCUT2D eigenvalue weighted by molar-refractivity contribution is 0.235. The maximum absolute atomic E-state index is 10.8. The van der Waals surface area contributed by atoms with E-state index in [9.17, 15) is 9.59 Å². The fourth-order valence-corrected chi connectivity index (χ4v) is 4.93.